The average molecular weight is 429 g/mol. The lowest BCUT2D eigenvalue weighted by atomic mass is 9.74. The van der Waals surface area contributed by atoms with Gasteiger partial charge in [0, 0.05) is 12.0 Å². The molecule has 2 aromatic rings. The van der Waals surface area contributed by atoms with Crippen molar-refractivity contribution in [2.45, 2.75) is 62.7 Å². The number of fused-ring (bicyclic) bond motifs is 2. The molecular weight excluding hydrogens is 392 g/mol. The molecule has 3 heteroatoms. The number of amides is 1. The van der Waals surface area contributed by atoms with E-state index in [1.54, 1.807) is 0 Å². The summed E-state index contributed by atoms with van der Waals surface area (Å²) in [6.45, 7) is 6.23. The Bertz CT molecular complexity index is 976. The predicted molar refractivity (Wildman–Crippen MR) is 132 cm³/mol. The second-order valence-corrected chi connectivity index (χ2v) is 10.2. The zero-order chi connectivity index (χ0) is 22.0. The Balaban J connectivity index is 1.11. The van der Waals surface area contributed by atoms with Crippen molar-refractivity contribution in [1.29, 1.82) is 0 Å². The van der Waals surface area contributed by atoms with Gasteiger partial charge in [-0.05, 0) is 75.4 Å². The molecule has 2 fully saturated rings. The van der Waals surface area contributed by atoms with Crippen LogP contribution in [-0.2, 0) is 15.6 Å². The molecule has 0 unspecified atom stereocenters. The zero-order valence-corrected chi connectivity index (χ0v) is 19.4. The van der Waals surface area contributed by atoms with E-state index in [0.717, 1.165) is 58.3 Å². The van der Waals surface area contributed by atoms with Crippen LogP contribution in [0.25, 0.3) is 6.08 Å². The molecule has 3 nitrogen and oxygen atoms in total. The van der Waals surface area contributed by atoms with E-state index in [9.17, 15) is 4.79 Å². The van der Waals surface area contributed by atoms with E-state index in [-0.39, 0.29) is 16.7 Å². The molecule has 5 rings (SSSR count). The van der Waals surface area contributed by atoms with E-state index in [0.29, 0.717) is 0 Å². The lowest BCUT2D eigenvalue weighted by Gasteiger charge is -2.39. The molecule has 1 aliphatic heterocycles. The van der Waals surface area contributed by atoms with Gasteiger partial charge in [0.2, 0.25) is 5.91 Å². The predicted octanol–water partition coefficient (Wildman–Crippen LogP) is 5.37. The Morgan fingerprint density at radius 2 is 1.69 bits per heavy atom. The summed E-state index contributed by atoms with van der Waals surface area (Å²) in [4.78, 5) is 15.8. The molecule has 2 aromatic carbocycles. The van der Waals surface area contributed by atoms with E-state index in [2.05, 4.69) is 77.8 Å². The van der Waals surface area contributed by atoms with Gasteiger partial charge >= 0.3 is 0 Å². The molecule has 1 saturated carbocycles. The first kappa shape index (κ1) is 21.5. The van der Waals surface area contributed by atoms with Crippen molar-refractivity contribution in [3.8, 4) is 0 Å². The number of nitrogens with zero attached hydrogens (tertiary/aromatic N) is 1. The van der Waals surface area contributed by atoms with Crippen molar-refractivity contribution >= 4 is 12.0 Å². The molecule has 1 heterocycles. The lowest BCUT2D eigenvalue weighted by molar-refractivity contribution is -0.126. The summed E-state index contributed by atoms with van der Waals surface area (Å²) in [5.74, 6) is 0.240. The van der Waals surface area contributed by atoms with Gasteiger partial charge in [-0.25, -0.2) is 0 Å². The summed E-state index contributed by atoms with van der Waals surface area (Å²) >= 11 is 0. The molecule has 32 heavy (non-hydrogen) atoms. The van der Waals surface area contributed by atoms with E-state index < -0.39 is 0 Å². The Kier molecular flexibility index (Phi) is 5.94. The standard InChI is InChI=1S/C29H36N2O/c1-23-9-11-25(12-10-23)29(14-4-5-15-29)27(32)30-19-6-20-31-21-17-28(18-22-31)16-13-24-7-2-3-8-26(24)28/h2-3,7-13,16H,4-6,14-15,17-22H2,1H3,(H,30,32). The first-order valence-electron chi connectivity index (χ1n) is 12.5. The fourth-order valence-electron chi connectivity index (χ4n) is 6.22. The summed E-state index contributed by atoms with van der Waals surface area (Å²) < 4.78 is 0. The number of allylic oxidation sites excluding steroid dienone is 1. The Morgan fingerprint density at radius 3 is 2.44 bits per heavy atom. The average Bonchev–Trinajstić information content (AvgIpc) is 3.46. The number of carbonyl (C=O) groups excluding carboxylic acids is 1. The molecule has 2 aliphatic carbocycles. The lowest BCUT2D eigenvalue weighted by Crippen LogP contribution is -2.44. The minimum atomic E-state index is -0.312. The minimum absolute atomic E-state index is 0.240. The normalized spacial score (nSPS) is 21.0. The molecule has 0 radical (unpaired) electrons. The number of nitrogens with one attached hydrogen (secondary N) is 1. The number of aryl methyl sites for hydroxylation is 1. The van der Waals surface area contributed by atoms with Crippen LogP contribution in [-0.4, -0.2) is 37.0 Å². The first-order chi connectivity index (χ1) is 15.6. The summed E-state index contributed by atoms with van der Waals surface area (Å²) in [5.41, 5.74) is 5.31. The van der Waals surface area contributed by atoms with Gasteiger partial charge in [0.1, 0.15) is 0 Å². The van der Waals surface area contributed by atoms with E-state index in [4.69, 9.17) is 0 Å². The molecule has 0 atom stereocenters. The maximum atomic E-state index is 13.3. The number of rotatable bonds is 6. The van der Waals surface area contributed by atoms with Crippen molar-refractivity contribution in [3.05, 3.63) is 76.9 Å². The largest absolute Gasteiger partial charge is 0.355 e. The number of hydrogen-bond donors (Lipinski definition) is 1. The zero-order valence-electron chi connectivity index (χ0n) is 19.4. The smallest absolute Gasteiger partial charge is 0.230 e. The van der Waals surface area contributed by atoms with Crippen LogP contribution < -0.4 is 5.32 Å². The molecular formula is C29H36N2O. The summed E-state index contributed by atoms with van der Waals surface area (Å²) in [5, 5.41) is 3.30. The van der Waals surface area contributed by atoms with Crippen LogP contribution in [0.1, 0.15) is 67.2 Å². The number of carbonyl (C=O) groups is 1. The molecule has 3 aliphatic rings. The minimum Gasteiger partial charge on any atom is -0.355 e. The van der Waals surface area contributed by atoms with Crippen LogP contribution in [0.3, 0.4) is 0 Å². The van der Waals surface area contributed by atoms with Crippen LogP contribution in [0.2, 0.25) is 0 Å². The van der Waals surface area contributed by atoms with Crippen LogP contribution in [0.15, 0.2) is 54.6 Å². The van der Waals surface area contributed by atoms with E-state index in [1.165, 1.54) is 35.1 Å². The highest BCUT2D eigenvalue weighted by molar-refractivity contribution is 5.88. The third kappa shape index (κ3) is 3.92. The Morgan fingerprint density at radius 1 is 0.969 bits per heavy atom. The molecule has 1 saturated heterocycles. The Labute approximate surface area is 192 Å². The number of piperidine rings is 1. The third-order valence-corrected chi connectivity index (χ3v) is 8.26. The number of hydrogen-bond acceptors (Lipinski definition) is 2. The highest BCUT2D eigenvalue weighted by atomic mass is 16.2. The van der Waals surface area contributed by atoms with Crippen molar-refractivity contribution in [1.82, 2.24) is 10.2 Å². The third-order valence-electron chi connectivity index (χ3n) is 8.26. The van der Waals surface area contributed by atoms with Crippen molar-refractivity contribution < 1.29 is 4.79 Å². The second-order valence-electron chi connectivity index (χ2n) is 10.2. The quantitative estimate of drug-likeness (QED) is 0.627. The molecule has 1 amide bonds. The topological polar surface area (TPSA) is 32.3 Å². The molecule has 168 valence electrons. The van der Waals surface area contributed by atoms with Gasteiger partial charge in [-0.15, -0.1) is 0 Å². The summed E-state index contributed by atoms with van der Waals surface area (Å²) in [7, 11) is 0. The van der Waals surface area contributed by atoms with Gasteiger partial charge in [-0.2, -0.15) is 0 Å². The molecule has 0 aromatic heterocycles. The van der Waals surface area contributed by atoms with Gasteiger partial charge in [-0.3, -0.25) is 4.79 Å². The van der Waals surface area contributed by atoms with Crippen LogP contribution in [0.4, 0.5) is 0 Å². The SMILES string of the molecule is Cc1ccc(C2(C(=O)NCCCN3CCC4(C=Cc5ccccc54)CC3)CCCC2)cc1. The van der Waals surface area contributed by atoms with Gasteiger partial charge in [0.05, 0.1) is 5.41 Å². The fourth-order valence-corrected chi connectivity index (χ4v) is 6.22. The monoisotopic (exact) mass is 428 g/mol. The highest BCUT2D eigenvalue weighted by Crippen LogP contribution is 2.44. The first-order valence-corrected chi connectivity index (χ1v) is 12.5. The maximum absolute atomic E-state index is 13.3. The van der Waals surface area contributed by atoms with Crippen LogP contribution in [0.5, 0.6) is 0 Å². The Hall–Kier alpha value is -2.39. The molecule has 1 N–H and O–H groups in total. The number of likely N-dealkylation sites (tertiary alicyclic amines) is 1. The van der Waals surface area contributed by atoms with Gasteiger partial charge in [0.15, 0.2) is 0 Å². The maximum Gasteiger partial charge on any atom is 0.230 e. The summed E-state index contributed by atoms with van der Waals surface area (Å²) in [6.07, 6.45) is 12.4. The van der Waals surface area contributed by atoms with Crippen molar-refractivity contribution in [2.75, 3.05) is 26.2 Å². The van der Waals surface area contributed by atoms with Gasteiger partial charge in [-0.1, -0.05) is 79.1 Å². The summed E-state index contributed by atoms with van der Waals surface area (Å²) in [6, 6.07) is 17.5. The number of benzene rings is 2. The van der Waals surface area contributed by atoms with Crippen molar-refractivity contribution in [3.63, 3.8) is 0 Å². The second kappa shape index (κ2) is 8.86. The van der Waals surface area contributed by atoms with E-state index in [1.807, 2.05) is 0 Å². The van der Waals surface area contributed by atoms with Gasteiger partial charge in [0.25, 0.3) is 0 Å². The van der Waals surface area contributed by atoms with Crippen LogP contribution >= 0.6 is 0 Å². The fraction of sp³-hybridized carbons (Fsp3) is 0.483. The van der Waals surface area contributed by atoms with Gasteiger partial charge < -0.3 is 10.2 Å². The molecule has 0 bridgehead atoms. The molecule has 1 spiro atoms. The highest BCUT2D eigenvalue weighted by Gasteiger charge is 2.42. The van der Waals surface area contributed by atoms with E-state index >= 15 is 0 Å². The van der Waals surface area contributed by atoms with Crippen LogP contribution in [0, 0.1) is 6.92 Å². The van der Waals surface area contributed by atoms with Crippen molar-refractivity contribution in [2.24, 2.45) is 0 Å².